The minimum Gasteiger partial charge on any atom is -0.493 e. The molecule has 0 radical (unpaired) electrons. The summed E-state index contributed by atoms with van der Waals surface area (Å²) in [6, 6.07) is 9.74. The average molecular weight is 492 g/mol. The Morgan fingerprint density at radius 3 is 1.94 bits per heavy atom. The SMILES string of the molecule is COc1cc2c(cc1OC)CN(c1cc(N)c3cc(OC)c(OC)cc3n1)CC2.CS(=O)(=O)O. The third-order valence-corrected chi connectivity index (χ3v) is 5.37. The number of anilines is 2. The van der Waals surface area contributed by atoms with Crippen LogP contribution in [0.15, 0.2) is 30.3 Å². The smallest absolute Gasteiger partial charge is 0.261 e. The number of aromatic nitrogens is 1. The molecule has 0 fully saturated rings. The predicted molar refractivity (Wildman–Crippen MR) is 131 cm³/mol. The fourth-order valence-corrected chi connectivity index (χ4v) is 3.81. The molecular weight excluding hydrogens is 462 g/mol. The van der Waals surface area contributed by atoms with Crippen LogP contribution in [0.4, 0.5) is 11.5 Å². The van der Waals surface area contributed by atoms with Crippen molar-refractivity contribution >= 4 is 32.5 Å². The van der Waals surface area contributed by atoms with Crippen LogP contribution in [0, 0.1) is 0 Å². The molecule has 1 aliphatic heterocycles. The van der Waals surface area contributed by atoms with E-state index < -0.39 is 10.1 Å². The van der Waals surface area contributed by atoms with E-state index in [9.17, 15) is 8.42 Å². The fraction of sp³-hybridized carbons (Fsp3) is 0.348. The topological polar surface area (TPSA) is 133 Å². The molecule has 0 saturated carbocycles. The first-order chi connectivity index (χ1) is 16.1. The molecule has 1 aromatic heterocycles. The van der Waals surface area contributed by atoms with Crippen LogP contribution in [0.25, 0.3) is 10.9 Å². The lowest BCUT2D eigenvalue weighted by molar-refractivity contribution is 0.353. The number of hydrogen-bond acceptors (Lipinski definition) is 9. The Balaban J connectivity index is 0.000000588. The normalized spacial score (nSPS) is 12.9. The fourth-order valence-electron chi connectivity index (χ4n) is 3.81. The van der Waals surface area contributed by atoms with Gasteiger partial charge in [-0.15, -0.1) is 0 Å². The number of hydrogen-bond donors (Lipinski definition) is 2. The number of rotatable bonds is 5. The second-order valence-corrected chi connectivity index (χ2v) is 9.14. The number of fused-ring (bicyclic) bond motifs is 2. The second-order valence-electron chi connectivity index (χ2n) is 7.67. The van der Waals surface area contributed by atoms with Gasteiger partial charge in [-0.25, -0.2) is 4.98 Å². The third kappa shape index (κ3) is 5.72. The Hall–Kier alpha value is -3.44. The first-order valence-electron chi connectivity index (χ1n) is 10.3. The molecule has 0 bridgehead atoms. The maximum absolute atomic E-state index is 9.19. The Morgan fingerprint density at radius 1 is 0.882 bits per heavy atom. The minimum absolute atomic E-state index is 0.630. The second kappa shape index (κ2) is 10.2. The van der Waals surface area contributed by atoms with Crippen molar-refractivity contribution in [3.63, 3.8) is 0 Å². The van der Waals surface area contributed by atoms with Crippen molar-refractivity contribution in [2.75, 3.05) is 51.9 Å². The van der Waals surface area contributed by atoms with Gasteiger partial charge in [-0.3, -0.25) is 4.55 Å². The van der Waals surface area contributed by atoms with E-state index in [1.165, 1.54) is 11.1 Å². The van der Waals surface area contributed by atoms with Gasteiger partial charge in [-0.1, -0.05) is 0 Å². The molecule has 0 spiro atoms. The summed E-state index contributed by atoms with van der Waals surface area (Å²) in [7, 11) is 2.86. The molecule has 0 aliphatic carbocycles. The Morgan fingerprint density at radius 2 is 1.38 bits per heavy atom. The van der Waals surface area contributed by atoms with Gasteiger partial charge >= 0.3 is 0 Å². The zero-order valence-electron chi connectivity index (χ0n) is 19.8. The highest BCUT2D eigenvalue weighted by molar-refractivity contribution is 7.85. The highest BCUT2D eigenvalue weighted by Crippen LogP contribution is 2.37. The van der Waals surface area contributed by atoms with Gasteiger partial charge in [0.25, 0.3) is 10.1 Å². The van der Waals surface area contributed by atoms with Gasteiger partial charge in [0.1, 0.15) is 5.82 Å². The molecule has 3 aromatic rings. The van der Waals surface area contributed by atoms with E-state index in [-0.39, 0.29) is 0 Å². The van der Waals surface area contributed by atoms with Gasteiger partial charge in [-0.2, -0.15) is 8.42 Å². The molecule has 184 valence electrons. The van der Waals surface area contributed by atoms with Crippen molar-refractivity contribution in [1.82, 2.24) is 4.98 Å². The summed E-state index contributed by atoms with van der Waals surface area (Å²) in [5.74, 6) is 3.59. The monoisotopic (exact) mass is 491 g/mol. The number of benzene rings is 2. The molecule has 0 unspecified atom stereocenters. The largest absolute Gasteiger partial charge is 0.493 e. The van der Waals surface area contributed by atoms with E-state index in [4.69, 9.17) is 34.2 Å². The summed E-state index contributed by atoms with van der Waals surface area (Å²) < 4.78 is 47.6. The van der Waals surface area contributed by atoms with E-state index >= 15 is 0 Å². The number of ether oxygens (including phenoxy) is 4. The Kier molecular flexibility index (Phi) is 7.57. The van der Waals surface area contributed by atoms with Crippen LogP contribution in [0.5, 0.6) is 23.0 Å². The standard InChI is InChI=1S/C22H25N3O4.CH4O3S/c1-26-18-7-13-5-6-25(12-14(13)8-19(18)27-2)22-10-16(23)15-9-20(28-3)21(29-4)11-17(15)24-22;1-5(2,3)4/h7-11H,5-6,12H2,1-4H3,(H2,23,24);1H3,(H,2,3,4). The summed E-state index contributed by atoms with van der Waals surface area (Å²) in [5.41, 5.74) is 10.2. The number of methoxy groups -OCH3 is 4. The van der Waals surface area contributed by atoms with Gasteiger partial charge in [0.15, 0.2) is 23.0 Å². The quantitative estimate of drug-likeness (QED) is 0.513. The lowest BCUT2D eigenvalue weighted by Gasteiger charge is -2.31. The lowest BCUT2D eigenvalue weighted by Crippen LogP contribution is -2.31. The van der Waals surface area contributed by atoms with Crippen LogP contribution < -0.4 is 29.6 Å². The molecule has 10 nitrogen and oxygen atoms in total. The molecule has 2 heterocycles. The van der Waals surface area contributed by atoms with Gasteiger partial charge < -0.3 is 29.6 Å². The van der Waals surface area contributed by atoms with Crippen LogP contribution in [0.3, 0.4) is 0 Å². The molecular formula is C23H29N3O7S. The molecule has 11 heteroatoms. The van der Waals surface area contributed by atoms with E-state index in [0.29, 0.717) is 23.4 Å². The summed E-state index contributed by atoms with van der Waals surface area (Å²) in [6.45, 7) is 1.56. The third-order valence-electron chi connectivity index (χ3n) is 5.37. The number of nitrogens with two attached hydrogens (primary N) is 1. The molecule has 4 rings (SSSR count). The van der Waals surface area contributed by atoms with E-state index in [1.807, 2.05) is 24.3 Å². The van der Waals surface area contributed by atoms with Crippen LogP contribution in [-0.2, 0) is 23.1 Å². The van der Waals surface area contributed by atoms with Crippen molar-refractivity contribution in [1.29, 1.82) is 0 Å². The van der Waals surface area contributed by atoms with Crippen LogP contribution in [0.2, 0.25) is 0 Å². The van der Waals surface area contributed by atoms with Crippen molar-refractivity contribution in [3.8, 4) is 23.0 Å². The maximum Gasteiger partial charge on any atom is 0.261 e. The summed E-state index contributed by atoms with van der Waals surface area (Å²) in [4.78, 5) is 7.07. The number of nitrogen functional groups attached to an aromatic ring is 1. The van der Waals surface area contributed by atoms with Crippen LogP contribution in [0.1, 0.15) is 11.1 Å². The molecule has 0 atom stereocenters. The maximum atomic E-state index is 9.19. The molecule has 34 heavy (non-hydrogen) atoms. The molecule has 0 saturated heterocycles. The van der Waals surface area contributed by atoms with Gasteiger partial charge in [0.2, 0.25) is 0 Å². The molecule has 2 aromatic carbocycles. The lowest BCUT2D eigenvalue weighted by atomic mass is 9.98. The Labute approximate surface area is 198 Å². The predicted octanol–water partition coefficient (Wildman–Crippen LogP) is 2.92. The summed E-state index contributed by atoms with van der Waals surface area (Å²) in [5, 5.41) is 0.843. The van der Waals surface area contributed by atoms with E-state index in [2.05, 4.69) is 11.0 Å². The van der Waals surface area contributed by atoms with Gasteiger partial charge in [0, 0.05) is 36.3 Å². The van der Waals surface area contributed by atoms with Crippen LogP contribution >= 0.6 is 0 Å². The summed E-state index contributed by atoms with van der Waals surface area (Å²) in [6.07, 6.45) is 1.61. The molecule has 1 aliphatic rings. The van der Waals surface area contributed by atoms with Crippen molar-refractivity contribution < 1.29 is 31.9 Å². The van der Waals surface area contributed by atoms with E-state index in [1.54, 1.807) is 28.4 Å². The van der Waals surface area contributed by atoms with E-state index in [0.717, 1.165) is 47.7 Å². The zero-order valence-corrected chi connectivity index (χ0v) is 20.6. The van der Waals surface area contributed by atoms with Crippen LogP contribution in [-0.4, -0.2) is 59.2 Å². The van der Waals surface area contributed by atoms with Crippen molar-refractivity contribution in [2.24, 2.45) is 0 Å². The summed E-state index contributed by atoms with van der Waals surface area (Å²) >= 11 is 0. The number of nitrogens with zero attached hydrogens (tertiary/aromatic N) is 2. The highest BCUT2D eigenvalue weighted by atomic mass is 32.2. The first kappa shape index (κ1) is 25.2. The van der Waals surface area contributed by atoms with Crippen molar-refractivity contribution in [3.05, 3.63) is 41.5 Å². The highest BCUT2D eigenvalue weighted by Gasteiger charge is 2.21. The number of pyridine rings is 1. The minimum atomic E-state index is -3.67. The molecule has 3 N–H and O–H groups in total. The first-order valence-corrected chi connectivity index (χ1v) is 12.2. The van der Waals surface area contributed by atoms with Gasteiger partial charge in [-0.05, 0) is 35.7 Å². The molecule has 0 amide bonds. The average Bonchev–Trinajstić information content (AvgIpc) is 2.80. The van der Waals surface area contributed by atoms with Gasteiger partial charge in [0.05, 0.1) is 40.2 Å². The zero-order chi connectivity index (χ0) is 25.0. The Bertz CT molecular complexity index is 1290. The van der Waals surface area contributed by atoms with Crippen molar-refractivity contribution in [2.45, 2.75) is 13.0 Å².